The molecule has 0 spiro atoms. The van der Waals surface area contributed by atoms with E-state index in [1.54, 1.807) is 24.4 Å². The molecule has 1 aromatic carbocycles. The first kappa shape index (κ1) is 12.7. The van der Waals surface area contributed by atoms with Crippen molar-refractivity contribution in [2.24, 2.45) is 0 Å². The fourth-order valence-electron chi connectivity index (χ4n) is 2.09. The molecule has 0 atom stereocenters. The molecule has 2 heterocycles. The Kier molecular flexibility index (Phi) is 2.76. The molecule has 2 aromatic heterocycles. The van der Waals surface area contributed by atoms with Crippen molar-refractivity contribution in [3.05, 3.63) is 48.8 Å². The number of sulfone groups is 1. The summed E-state index contributed by atoms with van der Waals surface area (Å²) in [4.78, 5) is 4.46. The van der Waals surface area contributed by atoms with Crippen molar-refractivity contribution in [2.75, 3.05) is 12.0 Å². The molecule has 0 amide bonds. The molecule has 0 unspecified atom stereocenters. The number of aromatic nitrogens is 2. The molecule has 0 bridgehead atoms. The molecule has 3 aromatic rings. The van der Waals surface area contributed by atoms with Crippen LogP contribution >= 0.6 is 0 Å². The van der Waals surface area contributed by atoms with Crippen molar-refractivity contribution in [3.8, 4) is 11.1 Å². The zero-order valence-corrected chi connectivity index (χ0v) is 11.6. The molecule has 0 radical (unpaired) electrons. The number of pyridine rings is 1. The largest absolute Gasteiger partial charge is 0.382 e. The number of rotatable bonds is 2. The second kappa shape index (κ2) is 4.35. The van der Waals surface area contributed by atoms with E-state index in [1.165, 1.54) is 6.26 Å². The van der Waals surface area contributed by atoms with E-state index >= 15 is 0 Å². The van der Waals surface area contributed by atoms with Crippen LogP contribution in [0.25, 0.3) is 16.8 Å². The average Bonchev–Trinajstić information content (AvgIpc) is 2.77. The van der Waals surface area contributed by atoms with Gasteiger partial charge in [0.1, 0.15) is 11.5 Å². The summed E-state index contributed by atoms with van der Waals surface area (Å²) in [5.41, 5.74) is 8.14. The van der Waals surface area contributed by atoms with Crippen molar-refractivity contribution >= 4 is 21.3 Å². The van der Waals surface area contributed by atoms with Crippen LogP contribution in [0.4, 0.5) is 5.82 Å². The maximum absolute atomic E-state index is 11.6. The van der Waals surface area contributed by atoms with Gasteiger partial charge in [-0.2, -0.15) is 0 Å². The van der Waals surface area contributed by atoms with Crippen LogP contribution in [0, 0.1) is 0 Å². The van der Waals surface area contributed by atoms with Crippen LogP contribution in [0.2, 0.25) is 0 Å². The van der Waals surface area contributed by atoms with E-state index in [1.807, 2.05) is 28.8 Å². The van der Waals surface area contributed by atoms with E-state index in [9.17, 15) is 8.42 Å². The van der Waals surface area contributed by atoms with E-state index < -0.39 is 9.84 Å². The third-order valence-electron chi connectivity index (χ3n) is 3.07. The SMILES string of the molecule is CS(=O)(=O)c1cccc(-c2ccc3nc(N)cn3c2)c1. The van der Waals surface area contributed by atoms with Gasteiger partial charge in [-0.15, -0.1) is 0 Å². The van der Waals surface area contributed by atoms with E-state index in [-0.39, 0.29) is 0 Å². The van der Waals surface area contributed by atoms with E-state index in [0.29, 0.717) is 10.7 Å². The van der Waals surface area contributed by atoms with E-state index in [4.69, 9.17) is 5.73 Å². The van der Waals surface area contributed by atoms with Gasteiger partial charge in [0.2, 0.25) is 0 Å². The minimum Gasteiger partial charge on any atom is -0.382 e. The van der Waals surface area contributed by atoms with Gasteiger partial charge in [0, 0.05) is 12.5 Å². The van der Waals surface area contributed by atoms with Crippen molar-refractivity contribution in [1.29, 1.82) is 0 Å². The lowest BCUT2D eigenvalue weighted by Crippen LogP contribution is -1.97. The van der Waals surface area contributed by atoms with Gasteiger partial charge in [-0.05, 0) is 35.4 Å². The highest BCUT2D eigenvalue weighted by Crippen LogP contribution is 2.23. The van der Waals surface area contributed by atoms with Gasteiger partial charge >= 0.3 is 0 Å². The normalized spacial score (nSPS) is 11.8. The third-order valence-corrected chi connectivity index (χ3v) is 4.18. The summed E-state index contributed by atoms with van der Waals surface area (Å²) in [5.74, 6) is 0.451. The second-order valence-electron chi connectivity index (χ2n) is 4.65. The Bertz CT molecular complexity index is 898. The van der Waals surface area contributed by atoms with Crippen molar-refractivity contribution < 1.29 is 8.42 Å². The molecule has 6 heteroatoms. The topological polar surface area (TPSA) is 77.5 Å². The first-order valence-electron chi connectivity index (χ1n) is 5.98. The highest BCUT2D eigenvalue weighted by atomic mass is 32.2. The number of anilines is 1. The number of hydrogen-bond acceptors (Lipinski definition) is 4. The van der Waals surface area contributed by atoms with Crippen molar-refractivity contribution in [1.82, 2.24) is 9.38 Å². The summed E-state index contributed by atoms with van der Waals surface area (Å²) in [6, 6.07) is 10.6. The van der Waals surface area contributed by atoms with E-state index in [0.717, 1.165) is 16.8 Å². The lowest BCUT2D eigenvalue weighted by Gasteiger charge is -2.05. The Morgan fingerprint density at radius 3 is 2.65 bits per heavy atom. The predicted molar refractivity (Wildman–Crippen MR) is 78.2 cm³/mol. The van der Waals surface area contributed by atoms with Crippen LogP contribution < -0.4 is 5.73 Å². The minimum absolute atomic E-state index is 0.306. The van der Waals surface area contributed by atoms with Gasteiger partial charge in [0.15, 0.2) is 9.84 Å². The molecular formula is C14H13N3O2S. The third kappa shape index (κ3) is 2.25. The molecule has 0 aliphatic heterocycles. The molecule has 0 aliphatic carbocycles. The second-order valence-corrected chi connectivity index (χ2v) is 6.66. The molecule has 20 heavy (non-hydrogen) atoms. The van der Waals surface area contributed by atoms with Crippen LogP contribution in [0.1, 0.15) is 0 Å². The molecule has 5 nitrogen and oxygen atoms in total. The lowest BCUT2D eigenvalue weighted by molar-refractivity contribution is 0.602. The predicted octanol–water partition coefficient (Wildman–Crippen LogP) is 1.99. The Morgan fingerprint density at radius 2 is 1.90 bits per heavy atom. The number of nitrogens with zero attached hydrogens (tertiary/aromatic N) is 2. The first-order chi connectivity index (χ1) is 9.43. The molecule has 2 N–H and O–H groups in total. The summed E-state index contributed by atoms with van der Waals surface area (Å²) in [5, 5.41) is 0. The molecule has 0 saturated heterocycles. The van der Waals surface area contributed by atoms with Gasteiger partial charge in [-0.1, -0.05) is 12.1 Å². The number of nitrogens with two attached hydrogens (primary N) is 1. The zero-order chi connectivity index (χ0) is 14.3. The highest BCUT2D eigenvalue weighted by molar-refractivity contribution is 7.90. The Hall–Kier alpha value is -2.34. The molecule has 0 fully saturated rings. The van der Waals surface area contributed by atoms with Crippen LogP contribution in [0.3, 0.4) is 0 Å². The summed E-state index contributed by atoms with van der Waals surface area (Å²) < 4.78 is 25.0. The average molecular weight is 287 g/mol. The van der Waals surface area contributed by atoms with Gasteiger partial charge in [-0.25, -0.2) is 13.4 Å². The monoisotopic (exact) mass is 287 g/mol. The summed E-state index contributed by atoms with van der Waals surface area (Å²) in [7, 11) is -3.21. The van der Waals surface area contributed by atoms with Crippen molar-refractivity contribution in [2.45, 2.75) is 4.90 Å². The molecule has 102 valence electrons. The van der Waals surface area contributed by atoms with Crippen LogP contribution in [-0.4, -0.2) is 24.1 Å². The molecular weight excluding hydrogens is 274 g/mol. The quantitative estimate of drug-likeness (QED) is 0.782. The maximum Gasteiger partial charge on any atom is 0.175 e. The summed E-state index contributed by atoms with van der Waals surface area (Å²) in [6.45, 7) is 0. The molecule has 0 aliphatic rings. The van der Waals surface area contributed by atoms with Crippen LogP contribution in [0.5, 0.6) is 0 Å². The fourth-order valence-corrected chi connectivity index (χ4v) is 2.76. The van der Waals surface area contributed by atoms with E-state index in [2.05, 4.69) is 4.98 Å². The number of hydrogen-bond donors (Lipinski definition) is 1. The standard InChI is InChI=1S/C14H13N3O2S/c1-20(18,19)12-4-2-3-10(7-12)11-5-6-14-16-13(15)9-17(14)8-11/h2-9H,15H2,1H3. The molecule has 0 saturated carbocycles. The van der Waals surface area contributed by atoms with Crippen LogP contribution in [0.15, 0.2) is 53.7 Å². The Morgan fingerprint density at radius 1 is 1.10 bits per heavy atom. The Balaban J connectivity index is 2.15. The van der Waals surface area contributed by atoms with Gasteiger partial charge in [0.25, 0.3) is 0 Å². The Labute approximate surface area is 116 Å². The summed E-state index contributed by atoms with van der Waals surface area (Å²) in [6.07, 6.45) is 4.80. The smallest absolute Gasteiger partial charge is 0.175 e. The van der Waals surface area contributed by atoms with Crippen LogP contribution in [-0.2, 0) is 9.84 Å². The lowest BCUT2D eigenvalue weighted by atomic mass is 10.1. The summed E-state index contributed by atoms with van der Waals surface area (Å²) >= 11 is 0. The molecule has 3 rings (SSSR count). The van der Waals surface area contributed by atoms with Gasteiger partial charge in [0.05, 0.1) is 11.1 Å². The fraction of sp³-hybridized carbons (Fsp3) is 0.0714. The van der Waals surface area contributed by atoms with Crippen molar-refractivity contribution in [3.63, 3.8) is 0 Å². The number of imidazole rings is 1. The number of nitrogen functional groups attached to an aromatic ring is 1. The zero-order valence-electron chi connectivity index (χ0n) is 10.8. The van der Waals surface area contributed by atoms with Gasteiger partial charge < -0.3 is 10.1 Å². The minimum atomic E-state index is -3.21. The maximum atomic E-state index is 11.6. The number of benzene rings is 1. The van der Waals surface area contributed by atoms with Gasteiger partial charge in [-0.3, -0.25) is 0 Å². The highest BCUT2D eigenvalue weighted by Gasteiger charge is 2.09. The number of fused-ring (bicyclic) bond motifs is 1. The first-order valence-corrected chi connectivity index (χ1v) is 7.87.